The molecule has 2 heteroatoms. The molecule has 0 fully saturated rings. The normalized spacial score (nSPS) is 13.0. The Morgan fingerprint density at radius 2 is 0.829 bits per heavy atom. The SMILES string of the molecule is CCCCC/C=C\CC(C)CCCCCCCCC(CCCCCCCCCCCCCCCCCC)(OC)OC. The fraction of sp³-hybridized carbons (Fsp3) is 0.949. The molecule has 0 aliphatic rings. The largest absolute Gasteiger partial charge is 0.353 e. The number of unbranched alkanes of at least 4 members (excludes halogenated alkanes) is 23. The second kappa shape index (κ2) is 32.6. The Kier molecular flexibility index (Phi) is 32.3. The maximum atomic E-state index is 5.91. The Morgan fingerprint density at radius 3 is 1.24 bits per heavy atom. The van der Waals surface area contributed by atoms with E-state index in [0.717, 1.165) is 18.8 Å². The molecule has 0 saturated carbocycles. The summed E-state index contributed by atoms with van der Waals surface area (Å²) in [6.45, 7) is 7.00. The van der Waals surface area contributed by atoms with E-state index in [4.69, 9.17) is 9.47 Å². The van der Waals surface area contributed by atoms with Crippen LogP contribution in [0.2, 0.25) is 0 Å². The Hall–Kier alpha value is -0.340. The first kappa shape index (κ1) is 40.7. The Morgan fingerprint density at radius 1 is 0.463 bits per heavy atom. The summed E-state index contributed by atoms with van der Waals surface area (Å²) in [5, 5.41) is 0. The monoisotopic (exact) mass is 579 g/mol. The van der Waals surface area contributed by atoms with Crippen LogP contribution in [-0.4, -0.2) is 20.0 Å². The van der Waals surface area contributed by atoms with Crippen LogP contribution in [0.5, 0.6) is 0 Å². The minimum atomic E-state index is -0.352. The van der Waals surface area contributed by atoms with Crippen molar-refractivity contribution in [2.75, 3.05) is 14.2 Å². The quantitative estimate of drug-likeness (QED) is 0.0429. The first-order valence-corrected chi connectivity index (χ1v) is 18.9. The van der Waals surface area contributed by atoms with E-state index in [0.29, 0.717) is 0 Å². The van der Waals surface area contributed by atoms with Gasteiger partial charge in [0.1, 0.15) is 0 Å². The van der Waals surface area contributed by atoms with Crippen molar-refractivity contribution >= 4 is 0 Å². The molecule has 41 heavy (non-hydrogen) atoms. The topological polar surface area (TPSA) is 18.5 Å². The molecular weight excluding hydrogens is 500 g/mol. The van der Waals surface area contributed by atoms with Crippen LogP contribution in [0.25, 0.3) is 0 Å². The minimum Gasteiger partial charge on any atom is -0.353 e. The lowest BCUT2D eigenvalue weighted by atomic mass is 9.97. The van der Waals surface area contributed by atoms with Gasteiger partial charge in [-0.25, -0.2) is 0 Å². The smallest absolute Gasteiger partial charge is 0.167 e. The number of allylic oxidation sites excluding steroid dienone is 2. The highest BCUT2D eigenvalue weighted by Crippen LogP contribution is 2.27. The summed E-state index contributed by atoms with van der Waals surface area (Å²) in [5.41, 5.74) is 0. The summed E-state index contributed by atoms with van der Waals surface area (Å²) in [6.07, 6.45) is 45.6. The molecule has 0 spiro atoms. The zero-order chi connectivity index (χ0) is 30.1. The molecule has 246 valence electrons. The van der Waals surface area contributed by atoms with Gasteiger partial charge in [0.25, 0.3) is 0 Å². The van der Waals surface area contributed by atoms with E-state index in [9.17, 15) is 0 Å². The molecule has 0 aromatic heterocycles. The summed E-state index contributed by atoms with van der Waals surface area (Å²) in [7, 11) is 3.69. The lowest BCUT2D eigenvalue weighted by Gasteiger charge is -2.31. The van der Waals surface area contributed by atoms with Crippen LogP contribution >= 0.6 is 0 Å². The Bertz CT molecular complexity index is 510. The molecule has 2 nitrogen and oxygen atoms in total. The van der Waals surface area contributed by atoms with E-state index in [1.54, 1.807) is 0 Å². The third-order valence-electron chi connectivity index (χ3n) is 9.34. The number of hydrogen-bond donors (Lipinski definition) is 0. The van der Waals surface area contributed by atoms with Crippen LogP contribution in [0.15, 0.2) is 12.2 Å². The van der Waals surface area contributed by atoms with Crippen molar-refractivity contribution in [1.82, 2.24) is 0 Å². The number of ether oxygens (including phenoxy) is 2. The fourth-order valence-corrected chi connectivity index (χ4v) is 6.23. The lowest BCUT2D eigenvalue weighted by Crippen LogP contribution is -2.33. The van der Waals surface area contributed by atoms with Crippen molar-refractivity contribution < 1.29 is 9.47 Å². The second-order valence-corrected chi connectivity index (χ2v) is 13.3. The molecule has 0 saturated heterocycles. The molecule has 1 atom stereocenters. The van der Waals surface area contributed by atoms with Crippen LogP contribution in [0, 0.1) is 5.92 Å². The highest BCUT2D eigenvalue weighted by atomic mass is 16.7. The number of rotatable bonds is 34. The highest BCUT2D eigenvalue weighted by Gasteiger charge is 2.28. The Labute approximate surface area is 260 Å². The molecule has 0 aliphatic carbocycles. The predicted octanol–water partition coefficient (Wildman–Crippen LogP) is 13.9. The molecule has 0 aromatic carbocycles. The van der Waals surface area contributed by atoms with Crippen LogP contribution in [-0.2, 0) is 9.47 Å². The average molecular weight is 579 g/mol. The predicted molar refractivity (Wildman–Crippen MR) is 185 cm³/mol. The first-order chi connectivity index (χ1) is 20.1. The van der Waals surface area contributed by atoms with Crippen molar-refractivity contribution in [3.8, 4) is 0 Å². The Balaban J connectivity index is 3.62. The fourth-order valence-electron chi connectivity index (χ4n) is 6.23. The van der Waals surface area contributed by atoms with Crippen LogP contribution < -0.4 is 0 Å². The van der Waals surface area contributed by atoms with Gasteiger partial charge in [-0.1, -0.05) is 181 Å². The van der Waals surface area contributed by atoms with E-state index in [-0.39, 0.29) is 5.79 Å². The van der Waals surface area contributed by atoms with Crippen LogP contribution in [0.1, 0.15) is 213 Å². The lowest BCUT2D eigenvalue weighted by molar-refractivity contribution is -0.216. The molecule has 0 aliphatic heterocycles. The van der Waals surface area contributed by atoms with Gasteiger partial charge in [0.05, 0.1) is 0 Å². The van der Waals surface area contributed by atoms with Gasteiger partial charge in [0.2, 0.25) is 0 Å². The van der Waals surface area contributed by atoms with Gasteiger partial charge in [-0.2, -0.15) is 0 Å². The van der Waals surface area contributed by atoms with Gasteiger partial charge in [0, 0.05) is 27.1 Å². The van der Waals surface area contributed by atoms with Crippen molar-refractivity contribution in [2.45, 2.75) is 219 Å². The summed E-state index contributed by atoms with van der Waals surface area (Å²) >= 11 is 0. The number of methoxy groups -OCH3 is 2. The van der Waals surface area contributed by atoms with Crippen molar-refractivity contribution in [3.05, 3.63) is 12.2 Å². The molecule has 0 bridgehead atoms. The summed E-state index contributed by atoms with van der Waals surface area (Å²) < 4.78 is 11.8. The zero-order valence-electron chi connectivity index (χ0n) is 29.3. The first-order valence-electron chi connectivity index (χ1n) is 18.9. The van der Waals surface area contributed by atoms with E-state index in [1.165, 1.54) is 180 Å². The van der Waals surface area contributed by atoms with Crippen molar-refractivity contribution in [3.63, 3.8) is 0 Å². The van der Waals surface area contributed by atoms with Gasteiger partial charge < -0.3 is 9.47 Å². The molecule has 1 unspecified atom stereocenters. The molecule has 0 heterocycles. The van der Waals surface area contributed by atoms with Crippen LogP contribution in [0.3, 0.4) is 0 Å². The van der Waals surface area contributed by atoms with Gasteiger partial charge in [-0.3, -0.25) is 0 Å². The molecule has 0 N–H and O–H groups in total. The molecule has 0 rings (SSSR count). The summed E-state index contributed by atoms with van der Waals surface area (Å²) in [5.74, 6) is 0.487. The van der Waals surface area contributed by atoms with Gasteiger partial charge in [-0.15, -0.1) is 0 Å². The van der Waals surface area contributed by atoms with E-state index in [1.807, 2.05) is 14.2 Å². The highest BCUT2D eigenvalue weighted by molar-refractivity contribution is 4.83. The van der Waals surface area contributed by atoms with E-state index in [2.05, 4.69) is 32.9 Å². The number of hydrogen-bond acceptors (Lipinski definition) is 2. The van der Waals surface area contributed by atoms with E-state index < -0.39 is 0 Å². The average Bonchev–Trinajstić information content (AvgIpc) is 2.99. The minimum absolute atomic E-state index is 0.352. The van der Waals surface area contributed by atoms with Crippen molar-refractivity contribution in [1.29, 1.82) is 0 Å². The standard InChI is InChI=1S/C39H78O2/c1-6-8-10-12-14-15-16-17-18-19-20-21-22-24-28-32-36-39(40-4,41-5)37-33-29-25-23-27-31-35-38(3)34-30-26-13-11-9-7-2/h26,30,38H,6-25,27-29,31-37H2,1-5H3/b30-26-. The third kappa shape index (κ3) is 28.2. The summed E-state index contributed by atoms with van der Waals surface area (Å²) in [4.78, 5) is 0. The molecule has 0 amide bonds. The van der Waals surface area contributed by atoms with Gasteiger partial charge in [-0.05, 0) is 38.0 Å². The molecule has 0 aromatic rings. The third-order valence-corrected chi connectivity index (χ3v) is 9.34. The zero-order valence-corrected chi connectivity index (χ0v) is 29.3. The second-order valence-electron chi connectivity index (χ2n) is 13.3. The van der Waals surface area contributed by atoms with Crippen LogP contribution in [0.4, 0.5) is 0 Å². The van der Waals surface area contributed by atoms with Gasteiger partial charge >= 0.3 is 0 Å². The van der Waals surface area contributed by atoms with Crippen molar-refractivity contribution in [2.24, 2.45) is 5.92 Å². The molecule has 0 radical (unpaired) electrons. The maximum absolute atomic E-state index is 5.91. The summed E-state index contributed by atoms with van der Waals surface area (Å²) in [6, 6.07) is 0. The molecular formula is C39H78O2. The maximum Gasteiger partial charge on any atom is 0.167 e. The van der Waals surface area contributed by atoms with Gasteiger partial charge in [0.15, 0.2) is 5.79 Å². The van der Waals surface area contributed by atoms with E-state index >= 15 is 0 Å².